The first kappa shape index (κ1) is 20.2. The predicted octanol–water partition coefficient (Wildman–Crippen LogP) is 4.96. The van der Waals surface area contributed by atoms with Gasteiger partial charge in [-0.1, -0.05) is 25.3 Å². The molecule has 9 heteroatoms. The molecular weight excluding hydrogens is 395 g/mol. The van der Waals surface area contributed by atoms with Crippen molar-refractivity contribution in [3.63, 3.8) is 0 Å². The van der Waals surface area contributed by atoms with Crippen LogP contribution in [-0.2, 0) is 11.7 Å². The molecule has 0 saturated heterocycles. The maximum atomic E-state index is 13.2. The zero-order chi connectivity index (χ0) is 21.2. The monoisotopic (exact) mass is 417 g/mol. The lowest BCUT2D eigenvalue weighted by Crippen LogP contribution is -2.40. The van der Waals surface area contributed by atoms with Gasteiger partial charge in [0.2, 0.25) is 0 Å². The Kier molecular flexibility index (Phi) is 5.36. The van der Waals surface area contributed by atoms with E-state index in [0.717, 1.165) is 49.9 Å². The Bertz CT molecular complexity index is 994. The van der Waals surface area contributed by atoms with Crippen molar-refractivity contribution in [1.29, 1.82) is 0 Å². The second-order valence-electron chi connectivity index (χ2n) is 7.46. The van der Waals surface area contributed by atoms with E-state index in [-0.39, 0.29) is 0 Å². The van der Waals surface area contributed by atoms with Crippen molar-refractivity contribution >= 4 is 5.69 Å². The Hall–Kier alpha value is -3.10. The summed E-state index contributed by atoms with van der Waals surface area (Å²) in [6, 6.07) is 12.6. The Morgan fingerprint density at radius 2 is 1.77 bits per heavy atom. The second kappa shape index (κ2) is 7.97. The summed E-state index contributed by atoms with van der Waals surface area (Å²) in [6.45, 7) is 0. The van der Waals surface area contributed by atoms with Gasteiger partial charge < -0.3 is 10.1 Å². The molecule has 6 nitrogen and oxygen atoms in total. The Morgan fingerprint density at radius 1 is 1.03 bits per heavy atom. The molecule has 1 aliphatic rings. The van der Waals surface area contributed by atoms with Gasteiger partial charge in [0, 0.05) is 5.69 Å². The third-order valence-electron chi connectivity index (χ3n) is 5.50. The Morgan fingerprint density at radius 3 is 2.43 bits per heavy atom. The number of nitrogens with one attached hydrogen (secondary N) is 1. The number of hydrogen-bond acceptors (Lipinski definition) is 5. The lowest BCUT2D eigenvalue weighted by atomic mass is 9.80. The van der Waals surface area contributed by atoms with E-state index < -0.39 is 17.3 Å². The largest absolute Gasteiger partial charge is 0.497 e. The van der Waals surface area contributed by atoms with Gasteiger partial charge in [-0.15, -0.1) is 5.10 Å². The summed E-state index contributed by atoms with van der Waals surface area (Å²) in [5.41, 5.74) is -0.192. The van der Waals surface area contributed by atoms with E-state index in [0.29, 0.717) is 17.3 Å². The van der Waals surface area contributed by atoms with Gasteiger partial charge in [0.1, 0.15) is 5.75 Å². The van der Waals surface area contributed by atoms with Gasteiger partial charge in [-0.3, -0.25) is 0 Å². The Labute approximate surface area is 172 Å². The minimum Gasteiger partial charge on any atom is -0.497 e. The minimum atomic E-state index is -4.40. The van der Waals surface area contributed by atoms with Crippen LogP contribution in [0.15, 0.2) is 48.5 Å². The fourth-order valence-electron chi connectivity index (χ4n) is 3.99. The minimum absolute atomic E-state index is 0.399. The fraction of sp³-hybridized carbons (Fsp3) is 0.381. The SMILES string of the molecule is COc1ccc(-n2nnnc2C2(Nc3cccc(C(F)(F)F)c3)CCCCC2)cc1. The summed E-state index contributed by atoms with van der Waals surface area (Å²) in [6.07, 6.45) is -0.0272. The molecule has 1 saturated carbocycles. The molecular formula is C21H22F3N5O. The van der Waals surface area contributed by atoms with E-state index >= 15 is 0 Å². The molecule has 1 aliphatic carbocycles. The maximum Gasteiger partial charge on any atom is 0.416 e. The van der Waals surface area contributed by atoms with Crippen LogP contribution >= 0.6 is 0 Å². The number of halogens is 3. The number of methoxy groups -OCH3 is 1. The van der Waals surface area contributed by atoms with Crippen LogP contribution in [0.1, 0.15) is 43.5 Å². The van der Waals surface area contributed by atoms with Crippen LogP contribution < -0.4 is 10.1 Å². The number of rotatable bonds is 5. The van der Waals surface area contributed by atoms with Gasteiger partial charge in [-0.25, -0.2) is 0 Å². The number of aromatic nitrogens is 4. The van der Waals surface area contributed by atoms with Crippen molar-refractivity contribution < 1.29 is 17.9 Å². The molecule has 1 heterocycles. The van der Waals surface area contributed by atoms with Gasteiger partial charge in [0.15, 0.2) is 5.82 Å². The van der Waals surface area contributed by atoms with Crippen LogP contribution in [0.25, 0.3) is 5.69 Å². The molecule has 0 atom stereocenters. The average molecular weight is 417 g/mol. The van der Waals surface area contributed by atoms with Crippen molar-refractivity contribution in [2.24, 2.45) is 0 Å². The highest BCUT2D eigenvalue weighted by Crippen LogP contribution is 2.40. The summed E-state index contributed by atoms with van der Waals surface area (Å²) in [5.74, 6) is 1.30. The third kappa shape index (κ3) is 3.96. The van der Waals surface area contributed by atoms with Gasteiger partial charge in [-0.05, 0) is 65.7 Å². The summed E-state index contributed by atoms with van der Waals surface area (Å²) in [5, 5.41) is 15.7. The molecule has 0 amide bonds. The van der Waals surface area contributed by atoms with E-state index in [1.165, 1.54) is 6.07 Å². The van der Waals surface area contributed by atoms with Crippen molar-refractivity contribution in [3.8, 4) is 11.4 Å². The fourth-order valence-corrected chi connectivity index (χ4v) is 3.99. The van der Waals surface area contributed by atoms with E-state index in [4.69, 9.17) is 4.74 Å². The molecule has 1 N–H and O–H groups in total. The number of benzene rings is 2. The molecule has 0 unspecified atom stereocenters. The molecule has 4 rings (SSSR count). The molecule has 2 aromatic carbocycles. The second-order valence-corrected chi connectivity index (χ2v) is 7.46. The van der Waals surface area contributed by atoms with Crippen molar-refractivity contribution in [1.82, 2.24) is 20.2 Å². The highest BCUT2D eigenvalue weighted by atomic mass is 19.4. The third-order valence-corrected chi connectivity index (χ3v) is 5.50. The first-order valence-electron chi connectivity index (χ1n) is 9.80. The number of alkyl halides is 3. The van der Waals surface area contributed by atoms with Gasteiger partial charge in [-0.2, -0.15) is 17.9 Å². The highest BCUT2D eigenvalue weighted by Gasteiger charge is 2.40. The molecule has 3 aromatic rings. The van der Waals surface area contributed by atoms with Crippen LogP contribution in [0, 0.1) is 0 Å². The molecule has 0 radical (unpaired) electrons. The van der Waals surface area contributed by atoms with Crippen molar-refractivity contribution in [2.45, 2.75) is 43.8 Å². The molecule has 1 aromatic heterocycles. The van der Waals surface area contributed by atoms with E-state index in [1.807, 2.05) is 24.3 Å². The maximum absolute atomic E-state index is 13.2. The van der Waals surface area contributed by atoms with Crippen LogP contribution in [0.4, 0.5) is 18.9 Å². The van der Waals surface area contributed by atoms with Crippen LogP contribution in [0.5, 0.6) is 5.75 Å². The number of nitrogens with zero attached hydrogens (tertiary/aromatic N) is 4. The quantitative estimate of drug-likeness (QED) is 0.636. The molecule has 0 aliphatic heterocycles. The summed E-state index contributed by atoms with van der Waals surface area (Å²) < 4.78 is 46.4. The lowest BCUT2D eigenvalue weighted by molar-refractivity contribution is -0.137. The van der Waals surface area contributed by atoms with E-state index in [1.54, 1.807) is 17.9 Å². The summed E-state index contributed by atoms with van der Waals surface area (Å²) in [4.78, 5) is 0. The first-order valence-corrected chi connectivity index (χ1v) is 9.80. The standard InChI is InChI=1S/C21H22F3N5O/c1-30-18-10-8-17(9-11-18)29-19(26-27-28-29)20(12-3-2-4-13-20)25-16-7-5-6-15(14-16)21(22,23)24/h5-11,14,25H,2-4,12-13H2,1H3. The van der Waals surface area contributed by atoms with Crippen molar-refractivity contribution in [2.75, 3.05) is 12.4 Å². The summed E-state index contributed by atoms with van der Waals surface area (Å²) in [7, 11) is 1.59. The number of tetrazole rings is 1. The predicted molar refractivity (Wildman–Crippen MR) is 106 cm³/mol. The van der Waals surface area contributed by atoms with Crippen LogP contribution in [-0.4, -0.2) is 27.3 Å². The first-order chi connectivity index (χ1) is 14.4. The molecule has 0 spiro atoms. The van der Waals surface area contributed by atoms with E-state index in [2.05, 4.69) is 20.8 Å². The number of anilines is 1. The van der Waals surface area contributed by atoms with Gasteiger partial charge in [0.05, 0.1) is 23.9 Å². The highest BCUT2D eigenvalue weighted by molar-refractivity contribution is 5.50. The van der Waals surface area contributed by atoms with Crippen LogP contribution in [0.3, 0.4) is 0 Å². The lowest BCUT2D eigenvalue weighted by Gasteiger charge is -2.37. The number of ether oxygens (including phenoxy) is 1. The normalized spacial score (nSPS) is 16.3. The zero-order valence-electron chi connectivity index (χ0n) is 16.5. The van der Waals surface area contributed by atoms with Crippen molar-refractivity contribution in [3.05, 3.63) is 59.9 Å². The zero-order valence-corrected chi connectivity index (χ0v) is 16.5. The molecule has 158 valence electrons. The molecule has 1 fully saturated rings. The topological polar surface area (TPSA) is 64.9 Å². The smallest absolute Gasteiger partial charge is 0.416 e. The molecule has 0 bridgehead atoms. The number of hydrogen-bond donors (Lipinski definition) is 1. The van der Waals surface area contributed by atoms with E-state index in [9.17, 15) is 13.2 Å². The molecule has 30 heavy (non-hydrogen) atoms. The Balaban J connectivity index is 1.73. The average Bonchev–Trinajstić information content (AvgIpc) is 3.25. The van der Waals surface area contributed by atoms with Gasteiger partial charge >= 0.3 is 6.18 Å². The summed E-state index contributed by atoms with van der Waals surface area (Å²) >= 11 is 0. The van der Waals surface area contributed by atoms with Gasteiger partial charge in [0.25, 0.3) is 0 Å². The van der Waals surface area contributed by atoms with Crippen LogP contribution in [0.2, 0.25) is 0 Å².